The van der Waals surface area contributed by atoms with E-state index in [1.165, 1.54) is 19.3 Å². The van der Waals surface area contributed by atoms with Crippen molar-refractivity contribution in [2.45, 2.75) is 64.9 Å². The molecule has 0 aromatic carbocycles. The van der Waals surface area contributed by atoms with E-state index < -0.39 is 5.41 Å². The molecule has 108 valence electrons. The number of rotatable bonds is 7. The number of carbonyl (C=O) groups is 1. The zero-order chi connectivity index (χ0) is 14.1. The molecule has 0 aromatic rings. The summed E-state index contributed by atoms with van der Waals surface area (Å²) >= 11 is 0. The van der Waals surface area contributed by atoms with E-state index in [2.05, 4.69) is 11.4 Å². The van der Waals surface area contributed by atoms with Gasteiger partial charge in [0, 0.05) is 6.54 Å². The van der Waals surface area contributed by atoms with Crippen molar-refractivity contribution in [1.29, 1.82) is 5.26 Å². The maximum atomic E-state index is 12.0. The number of nitrogens with one attached hydrogen (secondary N) is 1. The van der Waals surface area contributed by atoms with Gasteiger partial charge in [0.2, 0.25) is 5.91 Å². The standard InChI is InChI=1S/C15H26N2O2/c1-3-15(4-2,12-16)14(18)17-10-11-19-13-8-6-5-7-9-13/h13H,3-11H2,1-2H3,(H,17,18). The Hall–Kier alpha value is -1.08. The molecule has 1 fully saturated rings. The number of hydrogen-bond acceptors (Lipinski definition) is 3. The Balaban J connectivity index is 2.24. The van der Waals surface area contributed by atoms with Crippen molar-refractivity contribution in [2.75, 3.05) is 13.2 Å². The lowest BCUT2D eigenvalue weighted by Crippen LogP contribution is -2.41. The minimum absolute atomic E-state index is 0.160. The fourth-order valence-electron chi connectivity index (χ4n) is 2.57. The molecule has 0 atom stereocenters. The molecule has 0 bridgehead atoms. The summed E-state index contributed by atoms with van der Waals surface area (Å²) in [5.74, 6) is -0.160. The van der Waals surface area contributed by atoms with Gasteiger partial charge in [-0.25, -0.2) is 0 Å². The monoisotopic (exact) mass is 266 g/mol. The second-order valence-corrected chi connectivity index (χ2v) is 5.29. The average Bonchev–Trinajstić information content (AvgIpc) is 2.47. The Morgan fingerprint density at radius 2 is 1.95 bits per heavy atom. The van der Waals surface area contributed by atoms with Crippen molar-refractivity contribution in [3.63, 3.8) is 0 Å². The van der Waals surface area contributed by atoms with Crippen molar-refractivity contribution >= 4 is 5.91 Å². The van der Waals surface area contributed by atoms with Crippen molar-refractivity contribution in [3.8, 4) is 6.07 Å². The summed E-state index contributed by atoms with van der Waals surface area (Å²) in [7, 11) is 0. The molecule has 1 N–H and O–H groups in total. The van der Waals surface area contributed by atoms with Gasteiger partial charge in [-0.15, -0.1) is 0 Å². The molecular weight excluding hydrogens is 240 g/mol. The number of amides is 1. The number of carbonyl (C=O) groups excluding carboxylic acids is 1. The van der Waals surface area contributed by atoms with Gasteiger partial charge >= 0.3 is 0 Å². The maximum Gasteiger partial charge on any atom is 0.240 e. The predicted octanol–water partition coefficient (Wildman–Crippen LogP) is 2.78. The van der Waals surface area contributed by atoms with E-state index in [0.717, 1.165) is 12.8 Å². The topological polar surface area (TPSA) is 62.1 Å². The fourth-order valence-corrected chi connectivity index (χ4v) is 2.57. The molecule has 0 radical (unpaired) electrons. The molecule has 1 aliphatic carbocycles. The van der Waals surface area contributed by atoms with Crippen molar-refractivity contribution in [3.05, 3.63) is 0 Å². The zero-order valence-electron chi connectivity index (χ0n) is 12.2. The normalized spacial score (nSPS) is 16.9. The van der Waals surface area contributed by atoms with Crippen molar-refractivity contribution < 1.29 is 9.53 Å². The second-order valence-electron chi connectivity index (χ2n) is 5.29. The quantitative estimate of drug-likeness (QED) is 0.721. The van der Waals surface area contributed by atoms with E-state index in [1.807, 2.05) is 13.8 Å². The van der Waals surface area contributed by atoms with Crippen LogP contribution in [0.3, 0.4) is 0 Å². The summed E-state index contributed by atoms with van der Waals surface area (Å²) in [6.45, 7) is 4.81. The molecular formula is C15H26N2O2. The average molecular weight is 266 g/mol. The summed E-state index contributed by atoms with van der Waals surface area (Å²) in [5.41, 5.74) is -0.870. The van der Waals surface area contributed by atoms with Gasteiger partial charge in [0.1, 0.15) is 5.41 Å². The Morgan fingerprint density at radius 3 is 2.47 bits per heavy atom. The minimum atomic E-state index is -0.870. The summed E-state index contributed by atoms with van der Waals surface area (Å²) in [5, 5.41) is 12.0. The first-order valence-electron chi connectivity index (χ1n) is 7.49. The van der Waals surface area contributed by atoms with Gasteiger partial charge in [0.25, 0.3) is 0 Å². The molecule has 0 aromatic heterocycles. The molecule has 0 spiro atoms. The van der Waals surface area contributed by atoms with Crippen LogP contribution in [-0.2, 0) is 9.53 Å². The molecule has 1 amide bonds. The zero-order valence-corrected chi connectivity index (χ0v) is 12.2. The third kappa shape index (κ3) is 4.50. The molecule has 19 heavy (non-hydrogen) atoms. The highest BCUT2D eigenvalue weighted by Crippen LogP contribution is 2.25. The molecule has 1 rings (SSSR count). The summed E-state index contributed by atoms with van der Waals surface area (Å²) in [4.78, 5) is 12.0. The first kappa shape index (κ1) is 16.0. The van der Waals surface area contributed by atoms with Gasteiger partial charge in [-0.05, 0) is 25.7 Å². The van der Waals surface area contributed by atoms with Crippen LogP contribution in [0.5, 0.6) is 0 Å². The summed E-state index contributed by atoms with van der Waals surface area (Å²) in [6.07, 6.45) is 7.56. The minimum Gasteiger partial charge on any atom is -0.376 e. The van der Waals surface area contributed by atoms with Crippen LogP contribution in [-0.4, -0.2) is 25.2 Å². The first-order chi connectivity index (χ1) is 9.18. The number of ether oxygens (including phenoxy) is 1. The van der Waals surface area contributed by atoms with E-state index in [1.54, 1.807) is 0 Å². The lowest BCUT2D eigenvalue weighted by Gasteiger charge is -2.24. The molecule has 0 aliphatic heterocycles. The van der Waals surface area contributed by atoms with E-state index in [-0.39, 0.29) is 5.91 Å². The van der Waals surface area contributed by atoms with Crippen molar-refractivity contribution in [2.24, 2.45) is 5.41 Å². The maximum absolute atomic E-state index is 12.0. The van der Waals surface area contributed by atoms with Crippen LogP contribution in [0, 0.1) is 16.7 Å². The number of nitrogens with zero attached hydrogens (tertiary/aromatic N) is 1. The molecule has 4 nitrogen and oxygen atoms in total. The fraction of sp³-hybridized carbons (Fsp3) is 0.867. The van der Waals surface area contributed by atoms with Crippen LogP contribution < -0.4 is 5.32 Å². The molecule has 0 heterocycles. The van der Waals surface area contributed by atoms with Gasteiger partial charge in [-0.1, -0.05) is 33.1 Å². The Kier molecular flexibility index (Phi) is 6.86. The second kappa shape index (κ2) is 8.16. The van der Waals surface area contributed by atoms with Gasteiger partial charge < -0.3 is 10.1 Å². The SMILES string of the molecule is CCC(C#N)(CC)C(=O)NCCOC1CCCCC1. The first-order valence-corrected chi connectivity index (χ1v) is 7.49. The molecule has 4 heteroatoms. The Bertz CT molecular complexity index is 313. The van der Waals surface area contributed by atoms with Crippen LogP contribution in [0.15, 0.2) is 0 Å². The molecule has 0 unspecified atom stereocenters. The molecule has 1 saturated carbocycles. The number of hydrogen-bond donors (Lipinski definition) is 1. The third-order valence-corrected chi connectivity index (χ3v) is 4.15. The van der Waals surface area contributed by atoms with Gasteiger partial charge in [0.15, 0.2) is 0 Å². The summed E-state index contributed by atoms with van der Waals surface area (Å²) < 4.78 is 5.75. The van der Waals surface area contributed by atoms with E-state index >= 15 is 0 Å². The van der Waals surface area contributed by atoms with E-state index in [0.29, 0.717) is 32.1 Å². The van der Waals surface area contributed by atoms with Gasteiger partial charge in [-0.3, -0.25) is 4.79 Å². The predicted molar refractivity (Wildman–Crippen MR) is 74.5 cm³/mol. The smallest absolute Gasteiger partial charge is 0.240 e. The largest absolute Gasteiger partial charge is 0.376 e. The van der Waals surface area contributed by atoms with Gasteiger partial charge in [-0.2, -0.15) is 5.26 Å². The van der Waals surface area contributed by atoms with Crippen LogP contribution in [0.2, 0.25) is 0 Å². The van der Waals surface area contributed by atoms with Crippen LogP contribution >= 0.6 is 0 Å². The molecule has 1 aliphatic rings. The van der Waals surface area contributed by atoms with E-state index in [4.69, 9.17) is 10.00 Å². The third-order valence-electron chi connectivity index (χ3n) is 4.15. The summed E-state index contributed by atoms with van der Waals surface area (Å²) in [6, 6.07) is 2.15. The Labute approximate surface area is 116 Å². The Morgan fingerprint density at radius 1 is 1.32 bits per heavy atom. The number of nitriles is 1. The van der Waals surface area contributed by atoms with Crippen LogP contribution in [0.1, 0.15) is 58.8 Å². The highest BCUT2D eigenvalue weighted by Gasteiger charge is 2.34. The van der Waals surface area contributed by atoms with Gasteiger partial charge in [0.05, 0.1) is 18.8 Å². The molecule has 0 saturated heterocycles. The lowest BCUT2D eigenvalue weighted by atomic mass is 9.83. The highest BCUT2D eigenvalue weighted by molar-refractivity contribution is 5.85. The highest BCUT2D eigenvalue weighted by atomic mass is 16.5. The lowest BCUT2D eigenvalue weighted by molar-refractivity contribution is -0.128. The van der Waals surface area contributed by atoms with E-state index in [9.17, 15) is 4.79 Å². The van der Waals surface area contributed by atoms with Crippen LogP contribution in [0.25, 0.3) is 0 Å². The van der Waals surface area contributed by atoms with Crippen molar-refractivity contribution in [1.82, 2.24) is 5.32 Å². The van der Waals surface area contributed by atoms with Crippen LogP contribution in [0.4, 0.5) is 0 Å².